The van der Waals surface area contributed by atoms with Crippen LogP contribution in [0.3, 0.4) is 0 Å². The molecule has 2 N–H and O–H groups in total. The highest BCUT2D eigenvalue weighted by Crippen LogP contribution is 2.39. The van der Waals surface area contributed by atoms with Crippen molar-refractivity contribution in [2.45, 2.75) is 42.8 Å². The molecule has 3 nitrogen and oxygen atoms in total. The maximum Gasteiger partial charge on any atom is 0.170 e. The summed E-state index contributed by atoms with van der Waals surface area (Å²) >= 11 is 3.18. The minimum Gasteiger partial charge on any atom is -0.326 e. The first-order chi connectivity index (χ1) is 9.11. The van der Waals surface area contributed by atoms with E-state index in [1.54, 1.807) is 11.8 Å². The van der Waals surface area contributed by atoms with Crippen molar-refractivity contribution in [1.82, 2.24) is 9.36 Å². The van der Waals surface area contributed by atoms with Gasteiger partial charge in [-0.2, -0.15) is 4.37 Å². The molecule has 0 aliphatic rings. The third-order valence-electron chi connectivity index (χ3n) is 3.09. The van der Waals surface area contributed by atoms with Crippen LogP contribution in [0.15, 0.2) is 28.6 Å². The number of thioether (sulfide) groups is 1. The van der Waals surface area contributed by atoms with Gasteiger partial charge in [0, 0.05) is 6.04 Å². The maximum atomic E-state index is 6.31. The maximum absolute atomic E-state index is 6.31. The van der Waals surface area contributed by atoms with E-state index in [0.717, 1.165) is 16.6 Å². The van der Waals surface area contributed by atoms with Crippen LogP contribution in [0.25, 0.3) is 0 Å². The van der Waals surface area contributed by atoms with Crippen molar-refractivity contribution in [2.24, 2.45) is 5.73 Å². The van der Waals surface area contributed by atoms with Crippen LogP contribution in [0.4, 0.5) is 0 Å². The largest absolute Gasteiger partial charge is 0.326 e. The zero-order valence-electron chi connectivity index (χ0n) is 11.5. The number of aryl methyl sites for hydroxylation is 2. The van der Waals surface area contributed by atoms with E-state index in [4.69, 9.17) is 5.73 Å². The summed E-state index contributed by atoms with van der Waals surface area (Å²) in [6.45, 7) is 6.18. The standard InChI is InChI=1S/C14H19N3S2/c1-4-12(15)13(11-8-6-5-7-9(11)2)18-14-16-10(3)17-19-14/h5-8,12-13H,4,15H2,1-3H3. The summed E-state index contributed by atoms with van der Waals surface area (Å²) in [6, 6.07) is 8.55. The third-order valence-corrected chi connectivity index (χ3v) is 5.36. The predicted octanol–water partition coefficient (Wildman–Crippen LogP) is 3.73. The Morgan fingerprint density at radius 1 is 1.32 bits per heavy atom. The molecule has 0 spiro atoms. The average Bonchev–Trinajstić information content (AvgIpc) is 2.82. The van der Waals surface area contributed by atoms with Crippen LogP contribution in [0.5, 0.6) is 0 Å². The van der Waals surface area contributed by atoms with Crippen molar-refractivity contribution in [3.63, 3.8) is 0 Å². The van der Waals surface area contributed by atoms with Gasteiger partial charge < -0.3 is 5.73 Å². The molecule has 0 saturated heterocycles. The summed E-state index contributed by atoms with van der Waals surface area (Å²) in [6.07, 6.45) is 0.948. The topological polar surface area (TPSA) is 51.8 Å². The fraction of sp³-hybridized carbons (Fsp3) is 0.429. The summed E-state index contributed by atoms with van der Waals surface area (Å²) in [4.78, 5) is 4.44. The van der Waals surface area contributed by atoms with E-state index in [1.165, 1.54) is 22.7 Å². The number of hydrogen-bond donors (Lipinski definition) is 1. The molecule has 0 fully saturated rings. The lowest BCUT2D eigenvalue weighted by Crippen LogP contribution is -2.26. The van der Waals surface area contributed by atoms with Crippen molar-refractivity contribution in [3.8, 4) is 0 Å². The van der Waals surface area contributed by atoms with Gasteiger partial charge in [-0.05, 0) is 42.9 Å². The molecular formula is C14H19N3S2. The lowest BCUT2D eigenvalue weighted by Gasteiger charge is -2.23. The Bertz CT molecular complexity index is 539. The molecule has 0 radical (unpaired) electrons. The van der Waals surface area contributed by atoms with Crippen LogP contribution in [0, 0.1) is 13.8 Å². The quantitative estimate of drug-likeness (QED) is 0.854. The molecule has 0 aliphatic heterocycles. The molecule has 2 aromatic rings. The van der Waals surface area contributed by atoms with Crippen LogP contribution >= 0.6 is 23.3 Å². The van der Waals surface area contributed by atoms with E-state index in [2.05, 4.69) is 47.5 Å². The van der Waals surface area contributed by atoms with Crippen LogP contribution < -0.4 is 5.73 Å². The highest BCUT2D eigenvalue weighted by atomic mass is 32.2. The fourth-order valence-electron chi connectivity index (χ4n) is 1.94. The van der Waals surface area contributed by atoms with Gasteiger partial charge in [0.05, 0.1) is 5.25 Å². The Hall–Kier alpha value is -0.910. The molecule has 102 valence electrons. The first-order valence-corrected chi connectivity index (χ1v) is 8.05. The van der Waals surface area contributed by atoms with E-state index in [9.17, 15) is 0 Å². The molecule has 2 unspecified atom stereocenters. The van der Waals surface area contributed by atoms with Crippen molar-refractivity contribution >= 4 is 23.3 Å². The lowest BCUT2D eigenvalue weighted by molar-refractivity contribution is 0.632. The second kappa shape index (κ2) is 6.50. The molecule has 19 heavy (non-hydrogen) atoms. The van der Waals surface area contributed by atoms with E-state index in [-0.39, 0.29) is 11.3 Å². The number of rotatable bonds is 5. The number of benzene rings is 1. The van der Waals surface area contributed by atoms with Gasteiger partial charge in [0.25, 0.3) is 0 Å². The second-order valence-electron chi connectivity index (χ2n) is 4.57. The Balaban J connectivity index is 2.29. The smallest absolute Gasteiger partial charge is 0.170 e. The fourth-order valence-corrected chi connectivity index (χ4v) is 4.12. The van der Waals surface area contributed by atoms with Crippen LogP contribution in [0.2, 0.25) is 0 Å². The van der Waals surface area contributed by atoms with Crippen molar-refractivity contribution in [3.05, 3.63) is 41.2 Å². The van der Waals surface area contributed by atoms with Gasteiger partial charge >= 0.3 is 0 Å². The Labute approximate surface area is 122 Å². The molecule has 1 aromatic heterocycles. The third kappa shape index (κ3) is 3.55. The number of aromatic nitrogens is 2. The highest BCUT2D eigenvalue weighted by molar-refractivity contribution is 8.01. The Morgan fingerprint density at radius 3 is 2.63 bits per heavy atom. The SMILES string of the molecule is CCC(N)C(Sc1nc(C)ns1)c1ccccc1C. The van der Waals surface area contributed by atoms with E-state index in [1.807, 2.05) is 6.92 Å². The number of hydrogen-bond acceptors (Lipinski definition) is 5. The van der Waals surface area contributed by atoms with Crippen molar-refractivity contribution in [2.75, 3.05) is 0 Å². The molecule has 2 atom stereocenters. The molecular weight excluding hydrogens is 274 g/mol. The van der Waals surface area contributed by atoms with Gasteiger partial charge in [-0.15, -0.1) is 0 Å². The first-order valence-electron chi connectivity index (χ1n) is 6.40. The van der Waals surface area contributed by atoms with Gasteiger partial charge in [-0.3, -0.25) is 0 Å². The van der Waals surface area contributed by atoms with Crippen LogP contribution in [-0.2, 0) is 0 Å². The molecule has 2 rings (SSSR count). The van der Waals surface area contributed by atoms with Gasteiger partial charge in [-0.25, -0.2) is 4.98 Å². The van der Waals surface area contributed by atoms with E-state index in [0.29, 0.717) is 0 Å². The molecule has 0 bridgehead atoms. The monoisotopic (exact) mass is 293 g/mol. The highest BCUT2D eigenvalue weighted by Gasteiger charge is 2.22. The summed E-state index contributed by atoms with van der Waals surface area (Å²) in [5.41, 5.74) is 8.89. The summed E-state index contributed by atoms with van der Waals surface area (Å²) in [7, 11) is 0. The molecule has 1 heterocycles. The van der Waals surface area contributed by atoms with Gasteiger partial charge in [0.2, 0.25) is 0 Å². The van der Waals surface area contributed by atoms with Crippen molar-refractivity contribution in [1.29, 1.82) is 0 Å². The lowest BCUT2D eigenvalue weighted by atomic mass is 10.00. The Kier molecular flexibility index (Phi) is 4.96. The normalized spacial score (nSPS) is 14.3. The minimum atomic E-state index is 0.121. The minimum absolute atomic E-state index is 0.121. The van der Waals surface area contributed by atoms with E-state index < -0.39 is 0 Å². The van der Waals surface area contributed by atoms with Gasteiger partial charge in [-0.1, -0.05) is 43.0 Å². The second-order valence-corrected chi connectivity index (χ2v) is 6.72. The molecule has 5 heteroatoms. The predicted molar refractivity (Wildman–Crippen MR) is 82.7 cm³/mol. The Morgan fingerprint density at radius 2 is 2.05 bits per heavy atom. The van der Waals surface area contributed by atoms with Crippen LogP contribution in [0.1, 0.15) is 35.5 Å². The first kappa shape index (κ1) is 14.5. The molecule has 1 aromatic carbocycles. The zero-order chi connectivity index (χ0) is 13.8. The molecule has 0 aliphatic carbocycles. The number of nitrogens with two attached hydrogens (primary N) is 1. The van der Waals surface area contributed by atoms with Gasteiger partial charge in [0.15, 0.2) is 4.34 Å². The molecule has 0 amide bonds. The van der Waals surface area contributed by atoms with E-state index >= 15 is 0 Å². The summed E-state index contributed by atoms with van der Waals surface area (Å²) in [5.74, 6) is 0.834. The van der Waals surface area contributed by atoms with Gasteiger partial charge in [0.1, 0.15) is 5.82 Å². The van der Waals surface area contributed by atoms with Crippen LogP contribution in [-0.4, -0.2) is 15.4 Å². The summed E-state index contributed by atoms with van der Waals surface area (Å²) in [5, 5.41) is 0.235. The number of nitrogens with zero attached hydrogens (tertiary/aromatic N) is 2. The molecule has 0 saturated carbocycles. The average molecular weight is 293 g/mol. The van der Waals surface area contributed by atoms with Crippen molar-refractivity contribution < 1.29 is 0 Å². The summed E-state index contributed by atoms with van der Waals surface area (Å²) < 4.78 is 5.23. The zero-order valence-corrected chi connectivity index (χ0v) is 13.1.